The van der Waals surface area contributed by atoms with E-state index < -0.39 is 28.0 Å². The molecule has 160 valence electrons. The topological polar surface area (TPSA) is 102 Å². The SMILES string of the molecule is CC(=O)c1ccc(S(=O)(=O)N[C@H]2CCC[C@H](OC(=O)Nc3ccc(F)cc3)C2)cc1. The van der Waals surface area contributed by atoms with Crippen molar-refractivity contribution < 1.29 is 27.1 Å². The summed E-state index contributed by atoms with van der Waals surface area (Å²) in [5.41, 5.74) is 0.843. The molecule has 7 nitrogen and oxygen atoms in total. The molecule has 0 saturated heterocycles. The van der Waals surface area contributed by atoms with Crippen LogP contribution in [0.15, 0.2) is 53.4 Å². The molecule has 1 saturated carbocycles. The first-order valence-corrected chi connectivity index (χ1v) is 11.1. The Morgan fingerprint density at radius 3 is 2.33 bits per heavy atom. The van der Waals surface area contributed by atoms with Gasteiger partial charge in [0, 0.05) is 23.7 Å². The van der Waals surface area contributed by atoms with Gasteiger partial charge in [-0.05, 0) is 62.6 Å². The second kappa shape index (κ2) is 9.36. The number of nitrogens with one attached hydrogen (secondary N) is 2. The number of Topliss-reactive ketones (excluding diaryl/α,β-unsaturated/α-hetero) is 1. The molecule has 2 aromatic carbocycles. The lowest BCUT2D eigenvalue weighted by Crippen LogP contribution is -2.41. The number of halogens is 1. The van der Waals surface area contributed by atoms with E-state index in [1.165, 1.54) is 55.5 Å². The van der Waals surface area contributed by atoms with Crippen molar-refractivity contribution in [1.29, 1.82) is 0 Å². The van der Waals surface area contributed by atoms with Crippen LogP contribution in [0.3, 0.4) is 0 Å². The predicted octanol–water partition coefficient (Wildman–Crippen LogP) is 3.87. The summed E-state index contributed by atoms with van der Waals surface area (Å²) in [6.07, 6.45) is 1.20. The molecule has 3 rings (SSSR count). The molecule has 1 fully saturated rings. The second-order valence-corrected chi connectivity index (χ2v) is 8.94. The molecule has 0 aromatic heterocycles. The van der Waals surface area contributed by atoms with Gasteiger partial charge in [0.1, 0.15) is 11.9 Å². The highest BCUT2D eigenvalue weighted by Gasteiger charge is 2.28. The van der Waals surface area contributed by atoms with Crippen LogP contribution in [-0.4, -0.2) is 32.4 Å². The molecule has 9 heteroatoms. The molecule has 1 aliphatic rings. The highest BCUT2D eigenvalue weighted by Crippen LogP contribution is 2.24. The number of hydrogen-bond donors (Lipinski definition) is 2. The van der Waals surface area contributed by atoms with Crippen molar-refractivity contribution in [2.75, 3.05) is 5.32 Å². The minimum atomic E-state index is -3.76. The minimum absolute atomic E-state index is 0.0737. The lowest BCUT2D eigenvalue weighted by atomic mass is 9.94. The molecule has 1 aliphatic carbocycles. The Labute approximate surface area is 174 Å². The number of ether oxygens (including phenoxy) is 1. The Morgan fingerprint density at radius 1 is 1.03 bits per heavy atom. The fourth-order valence-corrected chi connectivity index (χ4v) is 4.63. The van der Waals surface area contributed by atoms with Crippen molar-refractivity contribution in [3.63, 3.8) is 0 Å². The lowest BCUT2D eigenvalue weighted by molar-refractivity contribution is 0.0792. The maximum Gasteiger partial charge on any atom is 0.411 e. The van der Waals surface area contributed by atoms with Gasteiger partial charge in [0.25, 0.3) is 0 Å². The van der Waals surface area contributed by atoms with Gasteiger partial charge in [0.15, 0.2) is 5.78 Å². The van der Waals surface area contributed by atoms with Gasteiger partial charge in [-0.2, -0.15) is 0 Å². The van der Waals surface area contributed by atoms with Crippen molar-refractivity contribution in [1.82, 2.24) is 4.72 Å². The van der Waals surface area contributed by atoms with Crippen molar-refractivity contribution in [2.45, 2.75) is 49.6 Å². The Hall–Kier alpha value is -2.78. The van der Waals surface area contributed by atoms with Gasteiger partial charge >= 0.3 is 6.09 Å². The fraction of sp³-hybridized carbons (Fsp3) is 0.333. The molecule has 0 aliphatic heterocycles. The summed E-state index contributed by atoms with van der Waals surface area (Å²) in [7, 11) is -3.76. The first-order valence-electron chi connectivity index (χ1n) is 9.59. The van der Waals surface area contributed by atoms with E-state index >= 15 is 0 Å². The van der Waals surface area contributed by atoms with Gasteiger partial charge in [-0.1, -0.05) is 12.1 Å². The molecule has 2 atom stereocenters. The van der Waals surface area contributed by atoms with Gasteiger partial charge in [0.05, 0.1) is 4.90 Å². The minimum Gasteiger partial charge on any atom is -0.446 e. The quantitative estimate of drug-likeness (QED) is 0.672. The maximum absolute atomic E-state index is 12.9. The third-order valence-electron chi connectivity index (χ3n) is 4.88. The summed E-state index contributed by atoms with van der Waals surface area (Å²) in [4.78, 5) is 23.5. The van der Waals surface area contributed by atoms with E-state index in [1.807, 2.05) is 0 Å². The summed E-state index contributed by atoms with van der Waals surface area (Å²) in [6, 6.07) is 10.7. The maximum atomic E-state index is 12.9. The van der Waals surface area contributed by atoms with E-state index in [9.17, 15) is 22.4 Å². The van der Waals surface area contributed by atoms with Gasteiger partial charge < -0.3 is 4.74 Å². The van der Waals surface area contributed by atoms with Crippen LogP contribution in [0, 0.1) is 5.82 Å². The molecule has 0 heterocycles. The van der Waals surface area contributed by atoms with Crippen LogP contribution in [0.4, 0.5) is 14.9 Å². The Kier molecular flexibility index (Phi) is 6.84. The van der Waals surface area contributed by atoms with Crippen LogP contribution in [0.25, 0.3) is 0 Å². The largest absolute Gasteiger partial charge is 0.446 e. The number of amides is 1. The zero-order chi connectivity index (χ0) is 21.7. The van der Waals surface area contributed by atoms with Crippen LogP contribution in [0.1, 0.15) is 43.0 Å². The number of carbonyl (C=O) groups is 2. The summed E-state index contributed by atoms with van der Waals surface area (Å²) in [5.74, 6) is -0.551. The Balaban J connectivity index is 1.56. The zero-order valence-corrected chi connectivity index (χ0v) is 17.2. The number of ketones is 1. The normalized spacial score (nSPS) is 19.1. The lowest BCUT2D eigenvalue weighted by Gasteiger charge is -2.29. The van der Waals surface area contributed by atoms with Gasteiger partial charge in [0.2, 0.25) is 10.0 Å². The molecule has 30 heavy (non-hydrogen) atoms. The van der Waals surface area contributed by atoms with E-state index in [0.29, 0.717) is 36.9 Å². The molecule has 0 unspecified atom stereocenters. The summed E-state index contributed by atoms with van der Waals surface area (Å²) < 4.78 is 46.3. The first kappa shape index (κ1) is 21.9. The Bertz CT molecular complexity index is 1010. The smallest absolute Gasteiger partial charge is 0.411 e. The number of rotatable bonds is 6. The number of carbonyl (C=O) groups excluding carboxylic acids is 2. The third kappa shape index (κ3) is 5.87. The molecular formula is C21H23FN2O5S. The number of anilines is 1. The zero-order valence-electron chi connectivity index (χ0n) is 16.4. The second-order valence-electron chi connectivity index (χ2n) is 7.22. The van der Waals surface area contributed by atoms with E-state index in [0.717, 1.165) is 0 Å². The van der Waals surface area contributed by atoms with Crippen LogP contribution in [0.2, 0.25) is 0 Å². The average Bonchev–Trinajstić information content (AvgIpc) is 2.69. The van der Waals surface area contributed by atoms with Crippen molar-refractivity contribution in [3.8, 4) is 0 Å². The Morgan fingerprint density at radius 2 is 1.70 bits per heavy atom. The number of benzene rings is 2. The average molecular weight is 434 g/mol. The van der Waals surface area contributed by atoms with Crippen LogP contribution < -0.4 is 10.0 Å². The van der Waals surface area contributed by atoms with Crippen molar-refractivity contribution >= 4 is 27.6 Å². The molecule has 2 N–H and O–H groups in total. The highest BCUT2D eigenvalue weighted by atomic mass is 32.2. The van der Waals surface area contributed by atoms with Gasteiger partial charge in [-0.3, -0.25) is 10.1 Å². The fourth-order valence-electron chi connectivity index (χ4n) is 3.35. The van der Waals surface area contributed by atoms with Crippen LogP contribution in [0.5, 0.6) is 0 Å². The van der Waals surface area contributed by atoms with Crippen molar-refractivity contribution in [3.05, 3.63) is 59.9 Å². The monoisotopic (exact) mass is 434 g/mol. The van der Waals surface area contributed by atoms with Crippen LogP contribution >= 0.6 is 0 Å². The van der Waals surface area contributed by atoms with Crippen LogP contribution in [-0.2, 0) is 14.8 Å². The van der Waals surface area contributed by atoms with Gasteiger partial charge in [-0.15, -0.1) is 0 Å². The standard InChI is InChI=1S/C21H23FN2O5S/c1-14(25)15-5-11-20(12-6-15)30(27,28)24-18-3-2-4-19(13-18)29-21(26)23-17-9-7-16(22)8-10-17/h5-12,18-19,24H,2-4,13H2,1H3,(H,23,26)/t18-,19-/m0/s1. The van der Waals surface area contributed by atoms with Crippen molar-refractivity contribution in [2.24, 2.45) is 0 Å². The molecule has 0 radical (unpaired) electrons. The van der Waals surface area contributed by atoms with E-state index in [-0.39, 0.29) is 16.7 Å². The summed E-state index contributed by atoms with van der Waals surface area (Å²) in [6.45, 7) is 1.41. The number of sulfonamides is 1. The third-order valence-corrected chi connectivity index (χ3v) is 6.42. The molecule has 0 spiro atoms. The molecule has 2 aromatic rings. The van der Waals surface area contributed by atoms with E-state index in [4.69, 9.17) is 4.74 Å². The first-order chi connectivity index (χ1) is 14.2. The molecular weight excluding hydrogens is 411 g/mol. The van der Waals surface area contributed by atoms with E-state index in [2.05, 4.69) is 10.0 Å². The predicted molar refractivity (Wildman–Crippen MR) is 109 cm³/mol. The molecule has 1 amide bonds. The summed E-state index contributed by atoms with van der Waals surface area (Å²) >= 11 is 0. The highest BCUT2D eigenvalue weighted by molar-refractivity contribution is 7.89. The summed E-state index contributed by atoms with van der Waals surface area (Å²) in [5, 5.41) is 2.53. The molecule has 0 bridgehead atoms. The van der Waals surface area contributed by atoms with E-state index in [1.54, 1.807) is 0 Å². The van der Waals surface area contributed by atoms with Gasteiger partial charge in [-0.25, -0.2) is 22.3 Å². The number of hydrogen-bond acceptors (Lipinski definition) is 5.